The van der Waals surface area contributed by atoms with E-state index in [4.69, 9.17) is 14.2 Å². The van der Waals surface area contributed by atoms with Crippen molar-refractivity contribution in [3.8, 4) is 0 Å². The maximum Gasteiger partial charge on any atom is 0.269 e. The van der Waals surface area contributed by atoms with E-state index in [0.717, 1.165) is 11.1 Å². The van der Waals surface area contributed by atoms with Crippen LogP contribution in [0.25, 0.3) is 0 Å². The molecule has 2 aromatic rings. The molecule has 0 aliphatic carbocycles. The van der Waals surface area contributed by atoms with Gasteiger partial charge < -0.3 is 14.2 Å². The first-order valence-corrected chi connectivity index (χ1v) is 9.48. The molecule has 0 radical (unpaired) electrons. The summed E-state index contributed by atoms with van der Waals surface area (Å²) in [7, 11) is 0. The second kappa shape index (κ2) is 6.29. The highest BCUT2D eigenvalue weighted by molar-refractivity contribution is 5.39. The number of benzene rings is 2. The molecule has 10 nitrogen and oxygen atoms in total. The van der Waals surface area contributed by atoms with Gasteiger partial charge in [0.25, 0.3) is 11.4 Å². The highest BCUT2D eigenvalue weighted by Gasteiger charge is 2.68. The van der Waals surface area contributed by atoms with Crippen molar-refractivity contribution in [3.63, 3.8) is 0 Å². The Morgan fingerprint density at radius 3 is 1.77 bits per heavy atom. The molecule has 5 atom stereocenters. The van der Waals surface area contributed by atoms with Crippen molar-refractivity contribution in [2.24, 2.45) is 0 Å². The van der Waals surface area contributed by atoms with Crippen molar-refractivity contribution < 1.29 is 24.1 Å². The summed E-state index contributed by atoms with van der Waals surface area (Å²) in [5.41, 5.74) is -0.186. The Bertz CT molecular complexity index is 970. The number of nitro benzene ring substituents is 2. The van der Waals surface area contributed by atoms with E-state index in [2.05, 4.69) is 0 Å². The minimum atomic E-state index is -0.861. The van der Waals surface area contributed by atoms with E-state index in [1.54, 1.807) is 24.3 Å². The van der Waals surface area contributed by atoms with Crippen molar-refractivity contribution in [2.45, 2.75) is 43.7 Å². The van der Waals surface area contributed by atoms with E-state index in [1.807, 2.05) is 18.7 Å². The van der Waals surface area contributed by atoms with Gasteiger partial charge in [-0.05, 0) is 49.2 Å². The Hall–Kier alpha value is -2.92. The zero-order valence-electron chi connectivity index (χ0n) is 16.3. The third-order valence-electron chi connectivity index (χ3n) is 6.25. The largest absolute Gasteiger partial charge is 0.355 e. The smallest absolute Gasteiger partial charge is 0.269 e. The molecular formula is C20H19N3O7. The zero-order chi connectivity index (χ0) is 21.3. The van der Waals surface area contributed by atoms with Gasteiger partial charge in [-0.2, -0.15) is 0 Å². The van der Waals surface area contributed by atoms with Gasteiger partial charge >= 0.3 is 0 Å². The van der Waals surface area contributed by atoms with Gasteiger partial charge in [-0.25, -0.2) is 4.90 Å². The van der Waals surface area contributed by atoms with Gasteiger partial charge in [-0.1, -0.05) is 0 Å². The van der Waals surface area contributed by atoms with E-state index < -0.39 is 33.5 Å². The second-order valence-electron chi connectivity index (χ2n) is 8.00. The predicted molar refractivity (Wildman–Crippen MR) is 102 cm³/mol. The number of nitrogens with zero attached hydrogens (tertiary/aromatic N) is 3. The van der Waals surface area contributed by atoms with Crippen LogP contribution in [0.4, 0.5) is 11.4 Å². The molecule has 3 fully saturated rings. The fraction of sp³-hybridized carbons (Fsp3) is 0.400. The van der Waals surface area contributed by atoms with Crippen molar-refractivity contribution >= 4 is 11.4 Å². The van der Waals surface area contributed by atoms with Crippen molar-refractivity contribution in [1.29, 1.82) is 0 Å². The highest BCUT2D eigenvalue weighted by Crippen LogP contribution is 2.55. The van der Waals surface area contributed by atoms with Crippen LogP contribution in [0.1, 0.15) is 25.0 Å². The molecule has 0 amide bonds. The Balaban J connectivity index is 1.51. The van der Waals surface area contributed by atoms with E-state index in [1.165, 1.54) is 24.3 Å². The quantitative estimate of drug-likeness (QED) is 0.555. The molecule has 30 heavy (non-hydrogen) atoms. The molecule has 3 aliphatic heterocycles. The van der Waals surface area contributed by atoms with Crippen LogP contribution in [-0.2, 0) is 25.4 Å². The van der Waals surface area contributed by atoms with Crippen molar-refractivity contribution in [3.05, 3.63) is 79.9 Å². The van der Waals surface area contributed by atoms with Crippen LogP contribution >= 0.6 is 0 Å². The van der Waals surface area contributed by atoms with Crippen LogP contribution in [-0.4, -0.2) is 40.0 Å². The zero-order valence-corrected chi connectivity index (χ0v) is 16.3. The molecule has 3 heterocycles. The van der Waals surface area contributed by atoms with E-state index in [9.17, 15) is 20.2 Å². The Kier molecular flexibility index (Phi) is 4.00. The second-order valence-corrected chi connectivity index (χ2v) is 8.00. The normalized spacial score (nSPS) is 34.8. The van der Waals surface area contributed by atoms with Gasteiger partial charge in [0.05, 0.1) is 16.5 Å². The molecule has 2 aromatic carbocycles. The molecule has 3 saturated heterocycles. The third kappa shape index (κ3) is 2.51. The summed E-state index contributed by atoms with van der Waals surface area (Å²) in [4.78, 5) is 23.1. The SMILES string of the molecule is C[C@]1(c2ccc([N+](=O)[O-])cc2)O[C@H]2CO[C@@H]3N2[C@H]1O[C@]3(C)c1ccc([N+](=O)[O-])cc1. The molecule has 3 aliphatic rings. The lowest BCUT2D eigenvalue weighted by molar-refractivity contribution is -0.385. The third-order valence-corrected chi connectivity index (χ3v) is 6.25. The Labute approximate surface area is 171 Å². The summed E-state index contributed by atoms with van der Waals surface area (Å²) in [6, 6.07) is 12.5. The van der Waals surface area contributed by atoms with Crippen LogP contribution in [0.5, 0.6) is 0 Å². The number of nitro groups is 2. The van der Waals surface area contributed by atoms with Gasteiger partial charge in [-0.3, -0.25) is 20.2 Å². The summed E-state index contributed by atoms with van der Waals surface area (Å²) >= 11 is 0. The first-order chi connectivity index (χ1) is 14.2. The molecule has 10 heteroatoms. The first-order valence-electron chi connectivity index (χ1n) is 9.48. The number of hydrogen-bond acceptors (Lipinski definition) is 8. The van der Waals surface area contributed by atoms with Gasteiger partial charge in [0, 0.05) is 24.3 Å². The van der Waals surface area contributed by atoms with Gasteiger partial charge in [0.1, 0.15) is 29.9 Å². The number of hydrogen-bond donors (Lipinski definition) is 0. The molecule has 0 unspecified atom stereocenters. The summed E-state index contributed by atoms with van der Waals surface area (Å²) < 4.78 is 18.8. The fourth-order valence-corrected chi connectivity index (χ4v) is 4.65. The van der Waals surface area contributed by atoms with Crippen molar-refractivity contribution in [1.82, 2.24) is 4.90 Å². The molecule has 0 aromatic heterocycles. The summed E-state index contributed by atoms with van der Waals surface area (Å²) in [6.45, 7) is 4.15. The number of ether oxygens (including phenoxy) is 3. The van der Waals surface area contributed by atoms with Crippen molar-refractivity contribution in [2.75, 3.05) is 6.61 Å². The first kappa shape index (κ1) is 19.1. The predicted octanol–water partition coefficient (Wildman–Crippen LogP) is 3.00. The molecule has 0 bridgehead atoms. The van der Waals surface area contributed by atoms with Crippen LogP contribution in [0.2, 0.25) is 0 Å². The minimum absolute atomic E-state index is 0.00474. The van der Waals surface area contributed by atoms with Crippen LogP contribution in [0.15, 0.2) is 48.5 Å². The molecule has 0 N–H and O–H groups in total. The Morgan fingerprint density at radius 2 is 1.30 bits per heavy atom. The monoisotopic (exact) mass is 413 g/mol. The topological polar surface area (TPSA) is 117 Å². The number of rotatable bonds is 4. The molecule has 5 rings (SSSR count). The lowest BCUT2D eigenvalue weighted by Crippen LogP contribution is -2.40. The fourth-order valence-electron chi connectivity index (χ4n) is 4.65. The average molecular weight is 413 g/mol. The maximum atomic E-state index is 11.0. The van der Waals surface area contributed by atoms with Crippen LogP contribution < -0.4 is 0 Å². The molecular weight excluding hydrogens is 394 g/mol. The Morgan fingerprint density at radius 1 is 0.833 bits per heavy atom. The molecule has 156 valence electrons. The maximum absolute atomic E-state index is 11.0. The standard InChI is InChI=1S/C20H19N3O7/c1-19(12-3-7-14(8-4-12)22(24)25)17-21-16(11-28-17)29-20(2,18(21)30-19)13-5-9-15(10-6-13)23(26)27/h3-10,16-18H,11H2,1-2H3/t16-,17-,18-,19+,20+/m0/s1. The van der Waals surface area contributed by atoms with Gasteiger partial charge in [0.2, 0.25) is 0 Å². The lowest BCUT2D eigenvalue weighted by atomic mass is 9.93. The summed E-state index contributed by atoms with van der Waals surface area (Å²) in [6.07, 6.45) is -1.23. The van der Waals surface area contributed by atoms with E-state index in [-0.39, 0.29) is 17.6 Å². The van der Waals surface area contributed by atoms with Gasteiger partial charge in [0.15, 0.2) is 0 Å². The van der Waals surface area contributed by atoms with Crippen LogP contribution in [0, 0.1) is 20.2 Å². The van der Waals surface area contributed by atoms with Gasteiger partial charge in [-0.15, -0.1) is 0 Å². The lowest BCUT2D eigenvalue weighted by Gasteiger charge is -2.32. The van der Waals surface area contributed by atoms with Crippen LogP contribution in [0.3, 0.4) is 0 Å². The molecule has 0 saturated carbocycles. The summed E-state index contributed by atoms with van der Waals surface area (Å²) in [5.74, 6) is 0. The molecule has 0 spiro atoms. The minimum Gasteiger partial charge on any atom is -0.355 e. The van der Waals surface area contributed by atoms with E-state index in [0.29, 0.717) is 6.61 Å². The average Bonchev–Trinajstić information content (AvgIpc) is 3.36. The highest BCUT2D eigenvalue weighted by atomic mass is 16.7. The summed E-state index contributed by atoms with van der Waals surface area (Å²) in [5, 5.41) is 22.0. The van der Waals surface area contributed by atoms with E-state index >= 15 is 0 Å². The number of non-ortho nitro benzene ring substituents is 2.